The fourth-order valence-corrected chi connectivity index (χ4v) is 3.24. The van der Waals surface area contributed by atoms with Crippen LogP contribution in [-0.2, 0) is 21.1 Å². The van der Waals surface area contributed by atoms with Gasteiger partial charge in [-0.2, -0.15) is 0 Å². The van der Waals surface area contributed by atoms with Crippen LogP contribution < -0.4 is 5.32 Å². The molecule has 2 aromatic carbocycles. The first-order valence-corrected chi connectivity index (χ1v) is 10.0. The Kier molecular flexibility index (Phi) is 6.19. The van der Waals surface area contributed by atoms with Crippen LogP contribution in [0.4, 0.5) is 4.39 Å². The number of hydrogen-bond acceptors (Lipinski definition) is 3. The number of halogens is 2. The van der Waals surface area contributed by atoms with Gasteiger partial charge in [0.05, 0.1) is 17.4 Å². The highest BCUT2D eigenvalue weighted by Crippen LogP contribution is 2.20. The molecular weight excluding hydrogens is 365 g/mol. The number of carbonyl (C=O) groups is 1. The molecule has 0 saturated heterocycles. The van der Waals surface area contributed by atoms with Crippen LogP contribution in [0, 0.1) is 5.82 Å². The molecule has 0 bridgehead atoms. The summed E-state index contributed by atoms with van der Waals surface area (Å²) in [5.74, 6) is -0.839. The Hall–Kier alpha value is -1.92. The molecule has 0 unspecified atom stereocenters. The lowest BCUT2D eigenvalue weighted by Crippen LogP contribution is -2.29. The monoisotopic (exact) mass is 383 g/mol. The molecule has 0 aromatic heterocycles. The minimum atomic E-state index is -3.26. The van der Waals surface area contributed by atoms with Gasteiger partial charge in [0.15, 0.2) is 9.84 Å². The van der Waals surface area contributed by atoms with Gasteiger partial charge in [-0.15, -0.1) is 0 Å². The zero-order valence-corrected chi connectivity index (χ0v) is 15.5. The first-order valence-electron chi connectivity index (χ1n) is 7.74. The molecule has 134 valence electrons. The second kappa shape index (κ2) is 7.97. The van der Waals surface area contributed by atoms with E-state index >= 15 is 0 Å². The van der Waals surface area contributed by atoms with Crippen LogP contribution in [0.2, 0.25) is 5.02 Å². The molecule has 0 aliphatic heterocycles. The first-order chi connectivity index (χ1) is 11.7. The molecule has 25 heavy (non-hydrogen) atoms. The van der Waals surface area contributed by atoms with Gasteiger partial charge in [-0.3, -0.25) is 4.79 Å². The van der Waals surface area contributed by atoms with E-state index < -0.39 is 15.7 Å². The van der Waals surface area contributed by atoms with Gasteiger partial charge < -0.3 is 5.32 Å². The topological polar surface area (TPSA) is 63.2 Å². The number of benzene rings is 2. The smallest absolute Gasteiger partial charge is 0.225 e. The Balaban J connectivity index is 2.09. The van der Waals surface area contributed by atoms with E-state index in [4.69, 9.17) is 11.6 Å². The maximum absolute atomic E-state index is 13.8. The van der Waals surface area contributed by atoms with E-state index in [0.29, 0.717) is 6.42 Å². The highest BCUT2D eigenvalue weighted by molar-refractivity contribution is 7.90. The van der Waals surface area contributed by atoms with E-state index in [9.17, 15) is 17.6 Å². The van der Waals surface area contributed by atoms with E-state index in [2.05, 4.69) is 5.32 Å². The van der Waals surface area contributed by atoms with Crippen molar-refractivity contribution in [2.24, 2.45) is 0 Å². The molecule has 1 amide bonds. The Morgan fingerprint density at radius 1 is 1.20 bits per heavy atom. The number of amides is 1. The summed E-state index contributed by atoms with van der Waals surface area (Å²) in [5.41, 5.74) is 1.06. The molecule has 0 aliphatic rings. The maximum Gasteiger partial charge on any atom is 0.225 e. The van der Waals surface area contributed by atoms with Gasteiger partial charge in [-0.25, -0.2) is 12.8 Å². The van der Waals surface area contributed by atoms with Gasteiger partial charge >= 0.3 is 0 Å². The average molecular weight is 384 g/mol. The molecule has 7 heteroatoms. The van der Waals surface area contributed by atoms with E-state index in [0.717, 1.165) is 11.8 Å². The molecule has 4 nitrogen and oxygen atoms in total. The van der Waals surface area contributed by atoms with Gasteiger partial charge in [0.1, 0.15) is 5.82 Å². The molecule has 2 rings (SSSR count). The number of hydrogen-bond donors (Lipinski definition) is 1. The zero-order valence-electron chi connectivity index (χ0n) is 13.9. The van der Waals surface area contributed by atoms with Crippen molar-refractivity contribution in [3.05, 3.63) is 64.4 Å². The van der Waals surface area contributed by atoms with Gasteiger partial charge in [-0.05, 0) is 41.8 Å². The summed E-state index contributed by atoms with van der Waals surface area (Å²) >= 11 is 5.70. The van der Waals surface area contributed by atoms with Gasteiger partial charge in [0, 0.05) is 11.3 Å². The summed E-state index contributed by atoms with van der Waals surface area (Å²) in [6, 6.07) is 10.3. The standard InChI is InChI=1S/C18H19ClFNO3S/c1-3-17(12-5-8-15(9-6-12)25(2,23)24)21-18(22)10-13-4-7-14(19)11-16(13)20/h4-9,11,17H,3,10H2,1-2H3,(H,21,22)/t17-/m0/s1. The second-order valence-electron chi connectivity index (χ2n) is 5.78. The van der Waals surface area contributed by atoms with Crippen molar-refractivity contribution in [1.82, 2.24) is 5.32 Å². The van der Waals surface area contributed by atoms with Crippen LogP contribution in [0.1, 0.15) is 30.5 Å². The minimum absolute atomic E-state index is 0.0963. The highest BCUT2D eigenvalue weighted by atomic mass is 35.5. The molecule has 2 aromatic rings. The summed E-state index contributed by atoms with van der Waals surface area (Å²) in [5, 5.41) is 3.12. The van der Waals surface area contributed by atoms with E-state index in [-0.39, 0.29) is 33.9 Å². The average Bonchev–Trinajstić information content (AvgIpc) is 2.54. The largest absolute Gasteiger partial charge is 0.349 e. The summed E-state index contributed by atoms with van der Waals surface area (Å²) in [7, 11) is -3.26. The van der Waals surface area contributed by atoms with Crippen LogP contribution in [0.3, 0.4) is 0 Å². The quantitative estimate of drug-likeness (QED) is 0.827. The Morgan fingerprint density at radius 2 is 1.84 bits per heavy atom. The van der Waals surface area contributed by atoms with Crippen LogP contribution in [0.25, 0.3) is 0 Å². The molecule has 1 atom stereocenters. The summed E-state index contributed by atoms with van der Waals surface area (Å²) in [6.45, 7) is 1.90. The van der Waals surface area contributed by atoms with Crippen LogP contribution in [0.5, 0.6) is 0 Å². The Morgan fingerprint density at radius 3 is 2.36 bits per heavy atom. The predicted molar refractivity (Wildman–Crippen MR) is 95.8 cm³/mol. The number of sulfone groups is 1. The molecule has 0 fully saturated rings. The summed E-state index contributed by atoms with van der Waals surface area (Å²) in [4.78, 5) is 12.4. The highest BCUT2D eigenvalue weighted by Gasteiger charge is 2.16. The molecule has 0 aliphatic carbocycles. The van der Waals surface area contributed by atoms with Crippen molar-refractivity contribution in [2.45, 2.75) is 30.7 Å². The van der Waals surface area contributed by atoms with Gasteiger partial charge in [0.2, 0.25) is 5.91 Å². The fraction of sp³-hybridized carbons (Fsp3) is 0.278. The van der Waals surface area contributed by atoms with Crippen molar-refractivity contribution in [3.63, 3.8) is 0 Å². The van der Waals surface area contributed by atoms with Crippen molar-refractivity contribution < 1.29 is 17.6 Å². The molecule has 1 N–H and O–H groups in total. The lowest BCUT2D eigenvalue weighted by atomic mass is 10.0. The van der Waals surface area contributed by atoms with Gasteiger partial charge in [-0.1, -0.05) is 36.7 Å². The normalized spacial score (nSPS) is 12.6. The molecule has 0 radical (unpaired) electrons. The summed E-state index contributed by atoms with van der Waals surface area (Å²) in [6.07, 6.45) is 1.66. The van der Waals surface area contributed by atoms with Crippen LogP contribution in [-0.4, -0.2) is 20.6 Å². The number of nitrogens with one attached hydrogen (secondary N) is 1. The molecule has 0 heterocycles. The lowest BCUT2D eigenvalue weighted by Gasteiger charge is -2.18. The zero-order chi connectivity index (χ0) is 18.6. The SMILES string of the molecule is CC[C@H](NC(=O)Cc1ccc(Cl)cc1F)c1ccc(S(C)(=O)=O)cc1. The molecular formula is C18H19ClFNO3S. The molecule has 0 saturated carbocycles. The summed E-state index contributed by atoms with van der Waals surface area (Å²) < 4.78 is 36.8. The van der Waals surface area contributed by atoms with Crippen molar-refractivity contribution in [2.75, 3.05) is 6.26 Å². The second-order valence-corrected chi connectivity index (χ2v) is 8.23. The van der Waals surface area contributed by atoms with Crippen LogP contribution >= 0.6 is 11.6 Å². The fourth-order valence-electron chi connectivity index (χ4n) is 2.45. The third-order valence-corrected chi connectivity index (χ3v) is 5.18. The lowest BCUT2D eigenvalue weighted by molar-refractivity contribution is -0.121. The number of rotatable bonds is 6. The Bertz CT molecular complexity index is 866. The predicted octanol–water partition coefficient (Wildman–Crippen LogP) is 3.69. The molecule has 0 spiro atoms. The van der Waals surface area contributed by atoms with E-state index in [1.165, 1.54) is 30.3 Å². The van der Waals surface area contributed by atoms with Crippen molar-refractivity contribution in [1.29, 1.82) is 0 Å². The minimum Gasteiger partial charge on any atom is -0.349 e. The first kappa shape index (κ1) is 19.4. The number of carbonyl (C=O) groups excluding carboxylic acids is 1. The van der Waals surface area contributed by atoms with Crippen molar-refractivity contribution >= 4 is 27.3 Å². The Labute approximate surface area is 151 Å². The third-order valence-electron chi connectivity index (χ3n) is 3.82. The van der Waals surface area contributed by atoms with E-state index in [1.54, 1.807) is 12.1 Å². The third kappa shape index (κ3) is 5.28. The van der Waals surface area contributed by atoms with Crippen LogP contribution in [0.15, 0.2) is 47.4 Å². The maximum atomic E-state index is 13.8. The van der Waals surface area contributed by atoms with Crippen molar-refractivity contribution in [3.8, 4) is 0 Å². The van der Waals surface area contributed by atoms with Gasteiger partial charge in [0.25, 0.3) is 0 Å². The van der Waals surface area contributed by atoms with E-state index in [1.807, 2.05) is 6.92 Å².